The van der Waals surface area contributed by atoms with Crippen LogP contribution in [0.1, 0.15) is 6.42 Å². The van der Waals surface area contributed by atoms with Gasteiger partial charge < -0.3 is 4.90 Å². The second-order valence-corrected chi connectivity index (χ2v) is 7.99. The van der Waals surface area contributed by atoms with Crippen molar-refractivity contribution in [1.29, 1.82) is 0 Å². The molecule has 0 aliphatic carbocycles. The highest BCUT2D eigenvalue weighted by molar-refractivity contribution is 7.99. The van der Waals surface area contributed by atoms with Crippen LogP contribution in [0, 0.1) is 0 Å². The molecule has 1 atom stereocenters. The van der Waals surface area contributed by atoms with Crippen molar-refractivity contribution in [2.75, 3.05) is 52.8 Å². The fraction of sp³-hybridized carbons (Fsp3) is 1.00. The van der Waals surface area contributed by atoms with E-state index in [4.69, 9.17) is 0 Å². The number of hydrogen-bond donors (Lipinski definition) is 0. The lowest BCUT2D eigenvalue weighted by Gasteiger charge is -2.32. The fourth-order valence-electron chi connectivity index (χ4n) is 1.89. The Morgan fingerprint density at radius 2 is 1.94 bits per heavy atom. The molecule has 102 valence electrons. The summed E-state index contributed by atoms with van der Waals surface area (Å²) in [5.74, 6) is 1.93. The third kappa shape index (κ3) is 4.10. The summed E-state index contributed by atoms with van der Waals surface area (Å²) in [6.45, 7) is 1.41. The average molecular weight is 281 g/mol. The largest absolute Gasteiger partial charge is 0.308 e. The highest BCUT2D eigenvalue weighted by atomic mass is 32.2. The maximum absolute atomic E-state index is 12.3. The Labute approximate surface area is 109 Å². The minimum atomic E-state index is -3.29. The van der Waals surface area contributed by atoms with Gasteiger partial charge >= 0.3 is 0 Å². The van der Waals surface area contributed by atoms with E-state index in [-0.39, 0.29) is 6.04 Å². The third-order valence-corrected chi connectivity index (χ3v) is 5.91. The van der Waals surface area contributed by atoms with E-state index in [2.05, 4.69) is 4.90 Å². The van der Waals surface area contributed by atoms with E-state index in [1.807, 2.05) is 25.9 Å². The lowest BCUT2D eigenvalue weighted by atomic mass is 10.3. The predicted molar refractivity (Wildman–Crippen MR) is 73.6 cm³/mol. The first-order valence-corrected chi connectivity index (χ1v) is 8.32. The molecule has 5 nitrogen and oxygen atoms in total. The van der Waals surface area contributed by atoms with Gasteiger partial charge in [-0.3, -0.25) is 0 Å². The molecule has 1 aliphatic heterocycles. The van der Waals surface area contributed by atoms with Crippen LogP contribution in [0.5, 0.6) is 0 Å². The van der Waals surface area contributed by atoms with Gasteiger partial charge in [-0.25, -0.2) is 0 Å². The van der Waals surface area contributed by atoms with Gasteiger partial charge in [0.25, 0.3) is 10.2 Å². The zero-order valence-corrected chi connectivity index (χ0v) is 12.7. The molecule has 1 unspecified atom stereocenters. The normalized spacial score (nSPS) is 24.2. The van der Waals surface area contributed by atoms with E-state index in [0.717, 1.165) is 24.5 Å². The summed E-state index contributed by atoms with van der Waals surface area (Å²) in [6.07, 6.45) is 0.932. The van der Waals surface area contributed by atoms with Gasteiger partial charge in [-0.15, -0.1) is 0 Å². The van der Waals surface area contributed by atoms with Crippen molar-refractivity contribution < 1.29 is 8.42 Å². The molecule has 0 saturated carbocycles. The van der Waals surface area contributed by atoms with Crippen LogP contribution < -0.4 is 0 Å². The van der Waals surface area contributed by atoms with E-state index in [9.17, 15) is 8.42 Å². The molecule has 1 rings (SSSR count). The zero-order valence-electron chi connectivity index (χ0n) is 11.1. The van der Waals surface area contributed by atoms with Crippen molar-refractivity contribution in [3.05, 3.63) is 0 Å². The molecule has 17 heavy (non-hydrogen) atoms. The maximum atomic E-state index is 12.3. The molecule has 0 amide bonds. The topological polar surface area (TPSA) is 43.9 Å². The second-order valence-electron chi connectivity index (χ2n) is 4.75. The average Bonchev–Trinajstić information content (AvgIpc) is 2.42. The summed E-state index contributed by atoms with van der Waals surface area (Å²) in [4.78, 5) is 2.05. The Morgan fingerprint density at radius 3 is 2.47 bits per heavy atom. The Balaban J connectivity index is 2.89. The van der Waals surface area contributed by atoms with Crippen LogP contribution in [0.2, 0.25) is 0 Å². The van der Waals surface area contributed by atoms with Gasteiger partial charge in [0.2, 0.25) is 0 Å². The van der Waals surface area contributed by atoms with Gasteiger partial charge in [0, 0.05) is 39.0 Å². The maximum Gasteiger partial charge on any atom is 0.281 e. The van der Waals surface area contributed by atoms with Crippen LogP contribution in [0.25, 0.3) is 0 Å². The summed E-state index contributed by atoms with van der Waals surface area (Å²) >= 11 is 1.85. The smallest absolute Gasteiger partial charge is 0.281 e. The summed E-state index contributed by atoms with van der Waals surface area (Å²) in [5.41, 5.74) is 0. The van der Waals surface area contributed by atoms with Crippen molar-refractivity contribution in [3.8, 4) is 0 Å². The van der Waals surface area contributed by atoms with E-state index in [1.165, 1.54) is 4.31 Å². The molecular formula is C10H23N3O2S2. The molecule has 0 bridgehead atoms. The number of rotatable bonds is 4. The van der Waals surface area contributed by atoms with Gasteiger partial charge in [0.05, 0.1) is 0 Å². The van der Waals surface area contributed by atoms with Crippen LogP contribution in [-0.2, 0) is 10.2 Å². The van der Waals surface area contributed by atoms with E-state index >= 15 is 0 Å². The van der Waals surface area contributed by atoms with Crippen molar-refractivity contribution in [2.24, 2.45) is 0 Å². The predicted octanol–water partition coefficient (Wildman–Crippen LogP) is 0.162. The number of hydrogen-bond acceptors (Lipinski definition) is 4. The molecule has 0 aromatic rings. The van der Waals surface area contributed by atoms with Crippen LogP contribution in [-0.4, -0.2) is 80.8 Å². The minimum absolute atomic E-state index is 0.0740. The first-order valence-electron chi connectivity index (χ1n) is 5.77. The molecule has 0 N–H and O–H groups in total. The Kier molecular flexibility index (Phi) is 5.72. The summed E-state index contributed by atoms with van der Waals surface area (Å²) in [7, 11) is 3.87. The van der Waals surface area contributed by atoms with Crippen molar-refractivity contribution in [3.63, 3.8) is 0 Å². The SMILES string of the molecule is CN(C)CC1CSCCCN1S(=O)(=O)N(C)C. The molecule has 0 spiro atoms. The highest BCUT2D eigenvalue weighted by Crippen LogP contribution is 2.20. The van der Waals surface area contributed by atoms with Gasteiger partial charge in [0.15, 0.2) is 0 Å². The molecule has 1 heterocycles. The quantitative estimate of drug-likeness (QED) is 0.736. The summed E-state index contributed by atoms with van der Waals surface area (Å²) < 4.78 is 27.5. The minimum Gasteiger partial charge on any atom is -0.308 e. The number of nitrogens with zero attached hydrogens (tertiary/aromatic N) is 3. The molecule has 1 fully saturated rings. The molecule has 1 saturated heterocycles. The summed E-state index contributed by atoms with van der Waals surface area (Å²) in [5, 5.41) is 0. The molecule has 0 radical (unpaired) electrons. The first kappa shape index (κ1) is 15.2. The zero-order chi connectivity index (χ0) is 13.1. The van der Waals surface area contributed by atoms with Crippen LogP contribution in [0.15, 0.2) is 0 Å². The molecule has 7 heteroatoms. The number of thioether (sulfide) groups is 1. The molecule has 1 aliphatic rings. The second kappa shape index (κ2) is 6.38. The molecular weight excluding hydrogens is 258 g/mol. The van der Waals surface area contributed by atoms with Crippen LogP contribution in [0.3, 0.4) is 0 Å². The fourth-order valence-corrected chi connectivity index (χ4v) is 4.34. The highest BCUT2D eigenvalue weighted by Gasteiger charge is 2.32. The standard InChI is InChI=1S/C10H23N3O2S2/c1-11(2)8-10-9-16-7-5-6-13(10)17(14,15)12(3)4/h10H,5-9H2,1-4H3. The van der Waals surface area contributed by atoms with Crippen molar-refractivity contribution in [2.45, 2.75) is 12.5 Å². The lowest BCUT2D eigenvalue weighted by Crippen LogP contribution is -2.50. The van der Waals surface area contributed by atoms with Gasteiger partial charge in [-0.2, -0.15) is 28.8 Å². The molecule has 0 aromatic heterocycles. The van der Waals surface area contributed by atoms with Gasteiger partial charge in [-0.05, 0) is 26.3 Å². The van der Waals surface area contributed by atoms with Crippen molar-refractivity contribution in [1.82, 2.24) is 13.5 Å². The molecule has 0 aromatic carbocycles. The lowest BCUT2D eigenvalue weighted by molar-refractivity contribution is 0.260. The summed E-state index contributed by atoms with van der Waals surface area (Å²) in [6, 6.07) is 0.0740. The van der Waals surface area contributed by atoms with Crippen LogP contribution in [0.4, 0.5) is 0 Å². The van der Waals surface area contributed by atoms with Crippen LogP contribution >= 0.6 is 11.8 Å². The van der Waals surface area contributed by atoms with Gasteiger partial charge in [0.1, 0.15) is 0 Å². The van der Waals surface area contributed by atoms with E-state index in [0.29, 0.717) is 6.54 Å². The monoisotopic (exact) mass is 281 g/mol. The Hall–Kier alpha value is 0.180. The van der Waals surface area contributed by atoms with E-state index in [1.54, 1.807) is 18.4 Å². The third-order valence-electron chi connectivity index (χ3n) is 2.72. The van der Waals surface area contributed by atoms with Crippen molar-refractivity contribution >= 4 is 22.0 Å². The van der Waals surface area contributed by atoms with E-state index < -0.39 is 10.2 Å². The first-order chi connectivity index (χ1) is 7.85. The van der Waals surface area contributed by atoms with Gasteiger partial charge in [-0.1, -0.05) is 0 Å². The Morgan fingerprint density at radius 1 is 1.29 bits per heavy atom. The Bertz CT molecular complexity index is 330. The number of likely N-dealkylation sites (N-methyl/N-ethyl adjacent to an activating group) is 1.